The van der Waals surface area contributed by atoms with Crippen molar-refractivity contribution in [3.63, 3.8) is 0 Å². The average Bonchev–Trinajstić information content (AvgIpc) is 3.66. The normalized spacial score (nSPS) is 16.6. The van der Waals surface area contributed by atoms with E-state index in [1.165, 1.54) is 19.2 Å². The van der Waals surface area contributed by atoms with Crippen LogP contribution in [-0.2, 0) is 44.7 Å². The summed E-state index contributed by atoms with van der Waals surface area (Å²) in [6.45, 7) is 0.345. The number of benzene rings is 4. The molecular formula is C41H41F3N2O5. The Kier molecular flexibility index (Phi) is 11.1. The van der Waals surface area contributed by atoms with Crippen molar-refractivity contribution in [1.82, 2.24) is 10.2 Å². The smallest absolute Gasteiger partial charge is 0.416 e. The highest BCUT2D eigenvalue weighted by atomic mass is 19.4. The van der Waals surface area contributed by atoms with Crippen LogP contribution in [-0.4, -0.2) is 42.4 Å². The van der Waals surface area contributed by atoms with Gasteiger partial charge in [-0.05, 0) is 82.8 Å². The Bertz CT molecular complexity index is 1820. The van der Waals surface area contributed by atoms with Crippen molar-refractivity contribution in [3.05, 3.63) is 125 Å². The minimum atomic E-state index is -4.44. The van der Waals surface area contributed by atoms with E-state index >= 15 is 0 Å². The molecule has 266 valence electrons. The van der Waals surface area contributed by atoms with Gasteiger partial charge in [-0.15, -0.1) is 0 Å². The first-order valence-electron chi connectivity index (χ1n) is 17.3. The van der Waals surface area contributed by atoms with Crippen LogP contribution < -0.4 is 10.1 Å². The highest BCUT2D eigenvalue weighted by molar-refractivity contribution is 5.92. The number of fused-ring (bicyclic) bond motifs is 1. The van der Waals surface area contributed by atoms with Crippen molar-refractivity contribution >= 4 is 17.8 Å². The molecule has 4 aromatic carbocycles. The molecule has 1 saturated carbocycles. The van der Waals surface area contributed by atoms with Crippen molar-refractivity contribution in [1.29, 1.82) is 0 Å². The van der Waals surface area contributed by atoms with E-state index in [4.69, 9.17) is 9.47 Å². The van der Waals surface area contributed by atoms with Crippen molar-refractivity contribution in [3.8, 4) is 16.9 Å². The minimum absolute atomic E-state index is 0.00554. The van der Waals surface area contributed by atoms with Crippen molar-refractivity contribution < 1.29 is 37.0 Å². The second kappa shape index (κ2) is 15.8. The number of nitrogens with one attached hydrogen (secondary N) is 1. The van der Waals surface area contributed by atoms with Gasteiger partial charge in [-0.2, -0.15) is 13.2 Å². The Hall–Kier alpha value is -5.12. The molecule has 0 bridgehead atoms. The number of methoxy groups -OCH3 is 1. The van der Waals surface area contributed by atoms with E-state index < -0.39 is 35.7 Å². The summed E-state index contributed by atoms with van der Waals surface area (Å²) in [5.41, 5.74) is 4.15. The predicted molar refractivity (Wildman–Crippen MR) is 186 cm³/mol. The molecule has 0 aromatic heterocycles. The lowest BCUT2D eigenvalue weighted by molar-refractivity contribution is -0.147. The quantitative estimate of drug-likeness (QED) is 0.161. The van der Waals surface area contributed by atoms with Gasteiger partial charge in [-0.25, -0.2) is 4.79 Å². The van der Waals surface area contributed by atoms with Gasteiger partial charge in [0.15, 0.2) is 0 Å². The van der Waals surface area contributed by atoms with E-state index in [1.807, 2.05) is 60.7 Å². The average molecular weight is 699 g/mol. The fourth-order valence-electron chi connectivity index (χ4n) is 7.06. The maximum Gasteiger partial charge on any atom is 0.416 e. The van der Waals surface area contributed by atoms with Gasteiger partial charge in [-0.3, -0.25) is 9.59 Å². The van der Waals surface area contributed by atoms with Gasteiger partial charge >= 0.3 is 12.1 Å². The van der Waals surface area contributed by atoms with Crippen LogP contribution in [0.15, 0.2) is 97.1 Å². The molecular weight excluding hydrogens is 657 g/mol. The molecule has 0 saturated heterocycles. The van der Waals surface area contributed by atoms with E-state index in [9.17, 15) is 27.6 Å². The molecule has 7 nitrogen and oxygen atoms in total. The summed E-state index contributed by atoms with van der Waals surface area (Å²) < 4.78 is 50.2. The fourth-order valence-corrected chi connectivity index (χ4v) is 7.06. The van der Waals surface area contributed by atoms with Crippen molar-refractivity contribution in [2.24, 2.45) is 5.92 Å². The highest BCUT2D eigenvalue weighted by Crippen LogP contribution is 2.36. The zero-order valence-electron chi connectivity index (χ0n) is 28.5. The zero-order chi connectivity index (χ0) is 36.0. The van der Waals surface area contributed by atoms with Crippen LogP contribution >= 0.6 is 0 Å². The number of alkyl halides is 3. The van der Waals surface area contributed by atoms with Gasteiger partial charge in [-0.1, -0.05) is 85.6 Å². The maximum absolute atomic E-state index is 14.3. The lowest BCUT2D eigenvalue weighted by Gasteiger charge is -2.37. The first kappa shape index (κ1) is 35.7. The second-order valence-corrected chi connectivity index (χ2v) is 13.3. The number of carbonyl (C=O) groups is 3. The molecule has 1 N–H and O–H groups in total. The summed E-state index contributed by atoms with van der Waals surface area (Å²) >= 11 is 0. The molecule has 1 aliphatic heterocycles. The van der Waals surface area contributed by atoms with Crippen LogP contribution in [0.25, 0.3) is 11.1 Å². The summed E-state index contributed by atoms with van der Waals surface area (Å²) in [4.78, 5) is 42.8. The number of esters is 1. The Labute approximate surface area is 295 Å². The first-order chi connectivity index (χ1) is 24.6. The molecule has 6 rings (SSSR count). The van der Waals surface area contributed by atoms with Crippen LogP contribution in [0.2, 0.25) is 0 Å². The molecule has 0 radical (unpaired) electrons. The molecule has 2 atom stereocenters. The summed E-state index contributed by atoms with van der Waals surface area (Å²) in [6.07, 6.45) is 0.730. The van der Waals surface area contributed by atoms with E-state index in [2.05, 4.69) is 5.32 Å². The summed E-state index contributed by atoms with van der Waals surface area (Å²) in [5.74, 6) is -0.562. The van der Waals surface area contributed by atoms with Crippen LogP contribution in [0.5, 0.6) is 5.75 Å². The standard InChI is InChI=1S/C41H41F3N2O5/c1-50-40(49)36(23-28-11-15-31(16-12-28)30-9-3-2-4-10-30)45-39(48)38-35-25-34(51-26-29-13-18-33(19-14-29)41(42,43)44)20-17-32(35)21-22-46(38)37(47)24-27-7-5-6-8-27/h2-4,9-20,25,27,36,38H,5-8,21-24,26H2,1H3,(H,45,48)/t36-,38?/m0/s1. The van der Waals surface area contributed by atoms with E-state index in [-0.39, 0.29) is 24.9 Å². The van der Waals surface area contributed by atoms with E-state index in [0.29, 0.717) is 36.3 Å². The fraction of sp³-hybridized carbons (Fsp3) is 0.341. The number of hydrogen-bond donors (Lipinski definition) is 1. The van der Waals surface area contributed by atoms with Gasteiger partial charge in [0.05, 0.1) is 12.7 Å². The van der Waals surface area contributed by atoms with Gasteiger partial charge in [0.1, 0.15) is 24.4 Å². The Morgan fingerprint density at radius 1 is 0.863 bits per heavy atom. The highest BCUT2D eigenvalue weighted by Gasteiger charge is 2.39. The molecule has 2 amide bonds. The number of halogens is 3. The van der Waals surface area contributed by atoms with Gasteiger partial charge in [0.2, 0.25) is 11.8 Å². The SMILES string of the molecule is COC(=O)[C@H](Cc1ccc(-c2ccccc2)cc1)NC(=O)C1c2cc(OCc3ccc(C(F)(F)F)cc3)ccc2CCN1C(=O)CC1CCCC1. The Morgan fingerprint density at radius 2 is 1.53 bits per heavy atom. The lowest BCUT2D eigenvalue weighted by Crippen LogP contribution is -2.52. The second-order valence-electron chi connectivity index (χ2n) is 13.3. The molecule has 0 spiro atoms. The number of amides is 2. The maximum atomic E-state index is 14.3. The van der Waals surface area contributed by atoms with Gasteiger partial charge in [0.25, 0.3) is 0 Å². The molecule has 51 heavy (non-hydrogen) atoms. The Balaban J connectivity index is 1.24. The Morgan fingerprint density at radius 3 is 2.20 bits per heavy atom. The molecule has 2 aliphatic rings. The molecule has 1 heterocycles. The topological polar surface area (TPSA) is 84.9 Å². The number of carbonyl (C=O) groups excluding carboxylic acids is 3. The van der Waals surface area contributed by atoms with Gasteiger partial charge in [0, 0.05) is 19.4 Å². The molecule has 1 aliphatic carbocycles. The van der Waals surface area contributed by atoms with Crippen LogP contribution in [0, 0.1) is 5.92 Å². The van der Waals surface area contributed by atoms with Crippen molar-refractivity contribution in [2.75, 3.05) is 13.7 Å². The third-order valence-electron chi connectivity index (χ3n) is 9.84. The third kappa shape index (κ3) is 8.79. The summed E-state index contributed by atoms with van der Waals surface area (Å²) in [6, 6.07) is 25.7. The number of rotatable bonds is 11. The summed E-state index contributed by atoms with van der Waals surface area (Å²) in [5, 5.41) is 2.91. The largest absolute Gasteiger partial charge is 0.489 e. The predicted octanol–water partition coefficient (Wildman–Crippen LogP) is 7.86. The van der Waals surface area contributed by atoms with E-state index in [0.717, 1.165) is 60.1 Å². The minimum Gasteiger partial charge on any atom is -0.489 e. The van der Waals surface area contributed by atoms with Crippen LogP contribution in [0.4, 0.5) is 13.2 Å². The van der Waals surface area contributed by atoms with Gasteiger partial charge < -0.3 is 19.7 Å². The zero-order valence-corrected chi connectivity index (χ0v) is 28.5. The monoisotopic (exact) mass is 698 g/mol. The lowest BCUT2D eigenvalue weighted by atomic mass is 9.90. The number of nitrogens with zero attached hydrogens (tertiary/aromatic N) is 1. The molecule has 4 aromatic rings. The molecule has 1 fully saturated rings. The number of ether oxygens (including phenoxy) is 2. The third-order valence-corrected chi connectivity index (χ3v) is 9.84. The van der Waals surface area contributed by atoms with E-state index in [1.54, 1.807) is 17.0 Å². The van der Waals surface area contributed by atoms with Crippen LogP contribution in [0.3, 0.4) is 0 Å². The molecule has 1 unspecified atom stereocenters. The molecule has 10 heteroatoms. The van der Waals surface area contributed by atoms with Crippen molar-refractivity contribution in [2.45, 2.75) is 69.8 Å². The summed E-state index contributed by atoms with van der Waals surface area (Å²) in [7, 11) is 1.27. The van der Waals surface area contributed by atoms with Crippen LogP contribution in [0.1, 0.15) is 66.0 Å². The number of hydrogen-bond acceptors (Lipinski definition) is 5. The first-order valence-corrected chi connectivity index (χ1v) is 17.3.